The van der Waals surface area contributed by atoms with Crippen LogP contribution < -0.4 is 4.74 Å². The third kappa shape index (κ3) is 1.34. The Hall–Kier alpha value is -1.98. The summed E-state index contributed by atoms with van der Waals surface area (Å²) in [6, 6.07) is 0. The lowest BCUT2D eigenvalue weighted by molar-refractivity contribution is -0.375. The monoisotopic (exact) mass is 210 g/mol. The molecule has 6 heteroatoms. The lowest BCUT2D eigenvalue weighted by atomic mass is 10.2. The van der Waals surface area contributed by atoms with Gasteiger partial charge in [0.25, 0.3) is 5.70 Å². The van der Waals surface area contributed by atoms with Crippen molar-refractivity contribution >= 4 is 5.70 Å². The van der Waals surface area contributed by atoms with E-state index in [0.29, 0.717) is 5.69 Å². The van der Waals surface area contributed by atoms with E-state index in [2.05, 4.69) is 4.98 Å². The Bertz CT molecular complexity index is 471. The number of hydrogen-bond acceptors (Lipinski definition) is 4. The molecule has 0 atom stereocenters. The molecule has 0 amide bonds. The second-order valence-electron chi connectivity index (χ2n) is 3.01. The minimum atomic E-state index is -0.719. The van der Waals surface area contributed by atoms with Crippen LogP contribution in [0, 0.1) is 15.9 Å². The summed E-state index contributed by atoms with van der Waals surface area (Å²) in [5.74, 6) is -0.800. The van der Waals surface area contributed by atoms with Gasteiger partial charge in [-0.3, -0.25) is 15.1 Å². The van der Waals surface area contributed by atoms with Gasteiger partial charge in [-0.15, -0.1) is 0 Å². The van der Waals surface area contributed by atoms with E-state index in [1.54, 1.807) is 0 Å². The summed E-state index contributed by atoms with van der Waals surface area (Å²) in [4.78, 5) is 13.9. The van der Waals surface area contributed by atoms with E-state index < -0.39 is 10.7 Å². The van der Waals surface area contributed by atoms with Crippen molar-refractivity contribution in [3.8, 4) is 5.75 Å². The molecule has 0 N–H and O–H groups in total. The van der Waals surface area contributed by atoms with Crippen LogP contribution in [-0.4, -0.2) is 17.0 Å². The molecular formula is C9H7FN2O3. The summed E-state index contributed by atoms with van der Waals surface area (Å²) < 4.78 is 18.4. The standard InChI is InChI=1S/C9H7FN2O3/c1-15-7-4-11-5-2-3-6(12(13)14)8(5)9(7)10/h3-4H,2H2,1H3. The number of hydrogen-bond donors (Lipinski definition) is 0. The van der Waals surface area contributed by atoms with Gasteiger partial charge in [-0.1, -0.05) is 0 Å². The molecule has 2 rings (SSSR count). The van der Waals surface area contributed by atoms with Crippen LogP contribution >= 0.6 is 0 Å². The molecule has 0 bridgehead atoms. The second kappa shape index (κ2) is 3.30. The van der Waals surface area contributed by atoms with Gasteiger partial charge in [0.1, 0.15) is 5.56 Å². The number of nitrogens with zero attached hydrogens (tertiary/aromatic N) is 2. The molecule has 0 spiro atoms. The predicted octanol–water partition coefficient (Wildman–Crippen LogP) is 1.40. The van der Waals surface area contributed by atoms with Gasteiger partial charge < -0.3 is 4.74 Å². The number of fused-ring (bicyclic) bond motifs is 1. The summed E-state index contributed by atoms with van der Waals surface area (Å²) in [7, 11) is 1.29. The quantitative estimate of drug-likeness (QED) is 0.546. The Labute approximate surface area is 84.3 Å². The van der Waals surface area contributed by atoms with E-state index >= 15 is 0 Å². The molecule has 0 saturated carbocycles. The molecule has 1 aromatic heterocycles. The molecule has 78 valence electrons. The van der Waals surface area contributed by atoms with Gasteiger partial charge in [0.15, 0.2) is 11.6 Å². The Balaban J connectivity index is 2.61. The number of methoxy groups -OCH3 is 1. The van der Waals surface area contributed by atoms with Crippen LogP contribution in [0.4, 0.5) is 4.39 Å². The van der Waals surface area contributed by atoms with Crippen LogP contribution in [0.5, 0.6) is 5.75 Å². The average Bonchev–Trinajstić information content (AvgIpc) is 2.63. The summed E-state index contributed by atoms with van der Waals surface area (Å²) >= 11 is 0. The lowest BCUT2D eigenvalue weighted by Gasteiger charge is -2.04. The van der Waals surface area contributed by atoms with Crippen LogP contribution in [0.15, 0.2) is 12.3 Å². The second-order valence-corrected chi connectivity index (χ2v) is 3.01. The maximum atomic E-state index is 13.7. The van der Waals surface area contributed by atoms with Crippen LogP contribution in [0.2, 0.25) is 0 Å². The van der Waals surface area contributed by atoms with Gasteiger partial charge in [-0.25, -0.2) is 4.39 Å². The molecule has 1 aromatic rings. The first-order valence-electron chi connectivity index (χ1n) is 4.21. The lowest BCUT2D eigenvalue weighted by Crippen LogP contribution is -2.02. The number of ether oxygens (including phenoxy) is 1. The Morgan fingerprint density at radius 2 is 2.40 bits per heavy atom. The van der Waals surface area contributed by atoms with E-state index in [1.165, 1.54) is 19.4 Å². The third-order valence-corrected chi connectivity index (χ3v) is 2.22. The van der Waals surface area contributed by atoms with E-state index in [4.69, 9.17) is 4.74 Å². The first-order chi connectivity index (χ1) is 7.15. The number of aromatic nitrogens is 1. The zero-order chi connectivity index (χ0) is 11.0. The molecule has 0 fully saturated rings. The number of nitro groups is 1. The molecule has 0 saturated heterocycles. The van der Waals surface area contributed by atoms with Gasteiger partial charge in [0.2, 0.25) is 0 Å². The summed E-state index contributed by atoms with van der Waals surface area (Å²) in [6.45, 7) is 0. The Kier molecular flexibility index (Phi) is 2.11. The van der Waals surface area contributed by atoms with Crippen LogP contribution in [0.25, 0.3) is 5.70 Å². The zero-order valence-electron chi connectivity index (χ0n) is 7.86. The van der Waals surface area contributed by atoms with Gasteiger partial charge in [-0.2, -0.15) is 0 Å². The zero-order valence-corrected chi connectivity index (χ0v) is 7.86. The van der Waals surface area contributed by atoms with Crippen molar-refractivity contribution in [2.24, 2.45) is 0 Å². The number of pyridine rings is 1. The molecule has 0 aromatic carbocycles. The first kappa shape index (κ1) is 9.57. The topological polar surface area (TPSA) is 65.3 Å². The summed E-state index contributed by atoms with van der Waals surface area (Å²) in [5.41, 5.74) is 0.0771. The van der Waals surface area contributed by atoms with Gasteiger partial charge in [0.05, 0.1) is 23.9 Å². The molecule has 0 aliphatic heterocycles. The molecule has 0 radical (unpaired) electrons. The highest BCUT2D eigenvalue weighted by Gasteiger charge is 2.30. The maximum Gasteiger partial charge on any atom is 0.278 e. The van der Waals surface area contributed by atoms with Gasteiger partial charge in [0, 0.05) is 12.5 Å². The molecule has 0 unspecified atom stereocenters. The highest BCUT2D eigenvalue weighted by Crippen LogP contribution is 2.32. The maximum absolute atomic E-state index is 13.7. The molecule has 1 aliphatic rings. The number of halogens is 1. The molecule has 15 heavy (non-hydrogen) atoms. The third-order valence-electron chi connectivity index (χ3n) is 2.22. The van der Waals surface area contributed by atoms with Crippen molar-refractivity contribution in [3.05, 3.63) is 39.5 Å². The van der Waals surface area contributed by atoms with Gasteiger partial charge >= 0.3 is 0 Å². The van der Waals surface area contributed by atoms with E-state index in [1.807, 2.05) is 0 Å². The van der Waals surface area contributed by atoms with Crippen molar-refractivity contribution in [1.82, 2.24) is 4.98 Å². The van der Waals surface area contributed by atoms with E-state index in [0.717, 1.165) is 0 Å². The number of rotatable bonds is 2. The Morgan fingerprint density at radius 3 is 3.00 bits per heavy atom. The number of allylic oxidation sites excluding steroid dienone is 1. The van der Waals surface area contributed by atoms with Crippen molar-refractivity contribution in [2.75, 3.05) is 7.11 Å². The minimum Gasteiger partial charge on any atom is -0.492 e. The molecule has 1 heterocycles. The molecular weight excluding hydrogens is 203 g/mol. The van der Waals surface area contributed by atoms with Crippen LogP contribution in [-0.2, 0) is 6.42 Å². The van der Waals surface area contributed by atoms with Gasteiger partial charge in [-0.05, 0) is 0 Å². The average molecular weight is 210 g/mol. The highest BCUT2D eigenvalue weighted by atomic mass is 19.1. The fraction of sp³-hybridized carbons (Fsp3) is 0.222. The first-order valence-corrected chi connectivity index (χ1v) is 4.21. The fourth-order valence-electron chi connectivity index (χ4n) is 1.53. The smallest absolute Gasteiger partial charge is 0.278 e. The van der Waals surface area contributed by atoms with Crippen LogP contribution in [0.3, 0.4) is 0 Å². The van der Waals surface area contributed by atoms with Crippen LogP contribution in [0.1, 0.15) is 11.3 Å². The predicted molar refractivity (Wildman–Crippen MR) is 49.4 cm³/mol. The minimum absolute atomic E-state index is 0.0562. The Morgan fingerprint density at radius 1 is 1.67 bits per heavy atom. The van der Waals surface area contributed by atoms with Crippen molar-refractivity contribution in [1.29, 1.82) is 0 Å². The largest absolute Gasteiger partial charge is 0.492 e. The highest BCUT2D eigenvalue weighted by molar-refractivity contribution is 5.67. The van der Waals surface area contributed by atoms with Crippen molar-refractivity contribution in [3.63, 3.8) is 0 Å². The van der Waals surface area contributed by atoms with E-state index in [9.17, 15) is 14.5 Å². The summed E-state index contributed by atoms with van der Waals surface area (Å²) in [6.07, 6.45) is 2.86. The fourth-order valence-corrected chi connectivity index (χ4v) is 1.53. The van der Waals surface area contributed by atoms with Crippen molar-refractivity contribution < 1.29 is 14.1 Å². The summed E-state index contributed by atoms with van der Waals surface area (Å²) in [5, 5.41) is 10.6. The van der Waals surface area contributed by atoms with E-state index in [-0.39, 0.29) is 23.4 Å². The molecule has 1 aliphatic carbocycles. The SMILES string of the molecule is COc1cnc2c(c1F)C([N+](=O)[O-])=CC2. The molecule has 5 nitrogen and oxygen atoms in total. The van der Waals surface area contributed by atoms with Crippen molar-refractivity contribution in [2.45, 2.75) is 6.42 Å². The normalized spacial score (nSPS) is 13.3.